The van der Waals surface area contributed by atoms with Crippen LogP contribution in [0.4, 0.5) is 5.69 Å². The maximum absolute atomic E-state index is 12.3. The Kier molecular flexibility index (Phi) is 3.18. The van der Waals surface area contributed by atoms with Gasteiger partial charge in [0.2, 0.25) is 0 Å². The maximum Gasteiger partial charge on any atom is 0.387 e. The molecule has 2 aromatic carbocycles. The van der Waals surface area contributed by atoms with Crippen molar-refractivity contribution in [1.82, 2.24) is 4.31 Å². The second-order valence-electron chi connectivity index (χ2n) is 5.32. The van der Waals surface area contributed by atoms with E-state index in [0.717, 1.165) is 15.7 Å². The van der Waals surface area contributed by atoms with E-state index in [2.05, 4.69) is 15.9 Å². The number of rotatable bonds is 1. The molecular formula is C15H13BrN2O3S. The monoisotopic (exact) mass is 380 g/mol. The number of benzene rings is 2. The lowest BCUT2D eigenvalue weighted by Crippen LogP contribution is -2.39. The first-order valence-corrected chi connectivity index (χ1v) is 9.01. The summed E-state index contributed by atoms with van der Waals surface area (Å²) in [5, 5.41) is 0. The zero-order chi connectivity index (χ0) is 15.3. The van der Waals surface area contributed by atoms with Crippen molar-refractivity contribution in [1.29, 1.82) is 0 Å². The van der Waals surface area contributed by atoms with Crippen molar-refractivity contribution in [3.63, 3.8) is 0 Å². The molecule has 0 aliphatic carbocycles. The summed E-state index contributed by atoms with van der Waals surface area (Å²) in [6.07, 6.45) is 0. The minimum atomic E-state index is -3.74. The van der Waals surface area contributed by atoms with E-state index in [-0.39, 0.29) is 6.04 Å². The predicted octanol–water partition coefficient (Wildman–Crippen LogP) is 2.91. The fourth-order valence-corrected chi connectivity index (χ4v) is 4.45. The van der Waals surface area contributed by atoms with Crippen LogP contribution >= 0.6 is 15.9 Å². The Labute approximate surface area is 137 Å². The van der Waals surface area contributed by atoms with Gasteiger partial charge in [-0.1, -0.05) is 34.1 Å². The van der Waals surface area contributed by atoms with E-state index >= 15 is 0 Å². The molecule has 1 fully saturated rings. The third kappa shape index (κ3) is 2.20. The van der Waals surface area contributed by atoms with E-state index in [4.69, 9.17) is 4.18 Å². The SMILES string of the molecule is O=S1(=O)Oc2ccccc2[C@@H]2CN(c3ccc(Br)cc3)CN21. The van der Waals surface area contributed by atoms with Crippen molar-refractivity contribution < 1.29 is 12.6 Å². The second-order valence-corrected chi connectivity index (χ2v) is 7.73. The first-order chi connectivity index (χ1) is 10.5. The molecule has 7 heteroatoms. The van der Waals surface area contributed by atoms with Crippen molar-refractivity contribution >= 4 is 31.9 Å². The molecule has 0 saturated carbocycles. The Morgan fingerprint density at radius 3 is 2.59 bits per heavy atom. The van der Waals surface area contributed by atoms with Gasteiger partial charge in [-0.05, 0) is 30.3 Å². The molecule has 2 heterocycles. The lowest BCUT2D eigenvalue weighted by molar-refractivity contribution is 0.322. The third-order valence-corrected chi connectivity index (χ3v) is 5.87. The third-order valence-electron chi connectivity index (χ3n) is 4.00. The van der Waals surface area contributed by atoms with E-state index < -0.39 is 10.3 Å². The molecule has 0 aromatic heterocycles. The molecule has 22 heavy (non-hydrogen) atoms. The van der Waals surface area contributed by atoms with E-state index in [9.17, 15) is 8.42 Å². The number of hydrogen-bond donors (Lipinski definition) is 0. The largest absolute Gasteiger partial charge is 0.387 e. The van der Waals surface area contributed by atoms with Crippen molar-refractivity contribution in [2.75, 3.05) is 18.1 Å². The van der Waals surface area contributed by atoms with E-state index in [1.807, 2.05) is 41.3 Å². The number of fused-ring (bicyclic) bond motifs is 3. The van der Waals surface area contributed by atoms with Crippen LogP contribution in [0.5, 0.6) is 5.75 Å². The summed E-state index contributed by atoms with van der Waals surface area (Å²) in [6, 6.07) is 14.9. The molecule has 2 aromatic rings. The van der Waals surface area contributed by atoms with Crippen LogP contribution in [0.2, 0.25) is 0 Å². The van der Waals surface area contributed by atoms with Crippen LogP contribution in [0.1, 0.15) is 11.6 Å². The highest BCUT2D eigenvalue weighted by Crippen LogP contribution is 2.42. The van der Waals surface area contributed by atoms with Crippen LogP contribution in [0.25, 0.3) is 0 Å². The van der Waals surface area contributed by atoms with Crippen molar-refractivity contribution in [3.8, 4) is 5.75 Å². The average Bonchev–Trinajstić information content (AvgIpc) is 2.94. The fraction of sp³-hybridized carbons (Fsp3) is 0.200. The first-order valence-electron chi connectivity index (χ1n) is 6.85. The van der Waals surface area contributed by atoms with Crippen LogP contribution in [-0.4, -0.2) is 25.9 Å². The van der Waals surface area contributed by atoms with Crippen LogP contribution < -0.4 is 9.08 Å². The average molecular weight is 381 g/mol. The Hall–Kier alpha value is -1.57. The van der Waals surface area contributed by atoms with Gasteiger partial charge < -0.3 is 9.08 Å². The van der Waals surface area contributed by atoms with Gasteiger partial charge in [0.05, 0.1) is 12.7 Å². The highest BCUT2D eigenvalue weighted by atomic mass is 79.9. The summed E-state index contributed by atoms with van der Waals surface area (Å²) >= 11 is 3.41. The zero-order valence-corrected chi connectivity index (χ0v) is 13.9. The number of halogens is 1. The van der Waals surface area contributed by atoms with E-state index in [1.54, 1.807) is 12.1 Å². The molecule has 0 N–H and O–H groups in total. The van der Waals surface area contributed by atoms with E-state index in [0.29, 0.717) is 19.0 Å². The number of hydrogen-bond acceptors (Lipinski definition) is 4. The minimum absolute atomic E-state index is 0.210. The van der Waals surface area contributed by atoms with Crippen LogP contribution in [-0.2, 0) is 10.3 Å². The summed E-state index contributed by atoms with van der Waals surface area (Å²) in [6.45, 7) is 0.907. The van der Waals surface area contributed by atoms with Crippen molar-refractivity contribution in [2.24, 2.45) is 0 Å². The molecule has 2 aliphatic heterocycles. The van der Waals surface area contributed by atoms with Gasteiger partial charge in [-0.2, -0.15) is 8.42 Å². The molecule has 4 rings (SSSR count). The molecule has 0 amide bonds. The number of nitrogens with zero attached hydrogens (tertiary/aromatic N) is 2. The van der Waals surface area contributed by atoms with Gasteiger partial charge in [0.25, 0.3) is 0 Å². The summed E-state index contributed by atoms with van der Waals surface area (Å²) in [5.74, 6) is 0.432. The molecule has 0 spiro atoms. The summed E-state index contributed by atoms with van der Waals surface area (Å²) in [4.78, 5) is 2.04. The van der Waals surface area contributed by atoms with Crippen LogP contribution in [0, 0.1) is 0 Å². The predicted molar refractivity (Wildman–Crippen MR) is 86.9 cm³/mol. The molecular weight excluding hydrogens is 368 g/mol. The Morgan fingerprint density at radius 2 is 1.82 bits per heavy atom. The van der Waals surface area contributed by atoms with Gasteiger partial charge in [0, 0.05) is 22.3 Å². The maximum atomic E-state index is 12.3. The van der Waals surface area contributed by atoms with Gasteiger partial charge in [-0.3, -0.25) is 0 Å². The first kappa shape index (κ1) is 14.0. The summed E-state index contributed by atoms with van der Waals surface area (Å²) in [7, 11) is -3.74. The number of para-hydroxylation sites is 1. The van der Waals surface area contributed by atoms with Gasteiger partial charge >= 0.3 is 10.3 Å². The molecule has 2 aliphatic rings. The topological polar surface area (TPSA) is 49.9 Å². The fourth-order valence-electron chi connectivity index (χ4n) is 2.94. The highest BCUT2D eigenvalue weighted by molar-refractivity contribution is 9.10. The lowest BCUT2D eigenvalue weighted by atomic mass is 10.1. The van der Waals surface area contributed by atoms with Gasteiger partial charge in [0.1, 0.15) is 5.75 Å². The highest BCUT2D eigenvalue weighted by Gasteiger charge is 2.45. The summed E-state index contributed by atoms with van der Waals surface area (Å²) in [5.41, 5.74) is 1.90. The second kappa shape index (κ2) is 4.97. The molecule has 0 bridgehead atoms. The molecule has 0 unspecified atom stereocenters. The zero-order valence-electron chi connectivity index (χ0n) is 11.5. The van der Waals surface area contributed by atoms with Gasteiger partial charge in [0.15, 0.2) is 0 Å². The lowest BCUT2D eigenvalue weighted by Gasteiger charge is -2.28. The molecule has 1 atom stereocenters. The van der Waals surface area contributed by atoms with Gasteiger partial charge in [-0.25, -0.2) is 0 Å². The normalized spacial score (nSPS) is 22.8. The molecule has 5 nitrogen and oxygen atoms in total. The Bertz CT molecular complexity index is 823. The molecule has 114 valence electrons. The minimum Gasteiger partial charge on any atom is -0.370 e. The van der Waals surface area contributed by atoms with Crippen LogP contribution in [0.15, 0.2) is 53.0 Å². The Balaban J connectivity index is 1.74. The van der Waals surface area contributed by atoms with Crippen LogP contribution in [0.3, 0.4) is 0 Å². The standard InChI is InChI=1S/C15H13BrN2O3S/c16-11-5-7-12(8-6-11)17-9-14-13-3-1-2-4-15(13)21-22(19,20)18(14)10-17/h1-8,14H,9-10H2/t14-/m0/s1. The molecule has 1 saturated heterocycles. The summed E-state index contributed by atoms with van der Waals surface area (Å²) < 4.78 is 32.3. The molecule has 0 radical (unpaired) electrons. The van der Waals surface area contributed by atoms with Gasteiger partial charge in [-0.15, -0.1) is 4.31 Å². The number of anilines is 1. The van der Waals surface area contributed by atoms with E-state index in [1.165, 1.54) is 4.31 Å². The van der Waals surface area contributed by atoms with Crippen molar-refractivity contribution in [3.05, 3.63) is 58.6 Å². The Morgan fingerprint density at radius 1 is 1.09 bits per heavy atom. The quantitative estimate of drug-likeness (QED) is 0.762. The van der Waals surface area contributed by atoms with Crippen molar-refractivity contribution in [2.45, 2.75) is 6.04 Å². The smallest absolute Gasteiger partial charge is 0.370 e.